The number of anilines is 1. The highest BCUT2D eigenvalue weighted by Gasteiger charge is 2.32. The van der Waals surface area contributed by atoms with Gasteiger partial charge in [0.25, 0.3) is 0 Å². The number of ether oxygens (including phenoxy) is 1. The van der Waals surface area contributed by atoms with Crippen LogP contribution in [0.5, 0.6) is 0 Å². The van der Waals surface area contributed by atoms with E-state index in [1.54, 1.807) is 0 Å². The van der Waals surface area contributed by atoms with Crippen molar-refractivity contribution in [2.75, 3.05) is 18.0 Å². The molecule has 0 radical (unpaired) electrons. The molecule has 0 amide bonds. The Morgan fingerprint density at radius 1 is 1.35 bits per heavy atom. The largest absolute Gasteiger partial charge is 0.481 e. The molecule has 1 aromatic carbocycles. The predicted molar refractivity (Wildman–Crippen MR) is 77.2 cm³/mol. The lowest BCUT2D eigenvalue weighted by atomic mass is 9.90. The van der Waals surface area contributed by atoms with Crippen molar-refractivity contribution in [3.63, 3.8) is 0 Å². The summed E-state index contributed by atoms with van der Waals surface area (Å²) < 4.78 is 5.90. The minimum atomic E-state index is -0.720. The van der Waals surface area contributed by atoms with E-state index in [0.29, 0.717) is 12.5 Å². The van der Waals surface area contributed by atoms with Crippen LogP contribution in [0.1, 0.15) is 37.7 Å². The van der Waals surface area contributed by atoms with E-state index in [0.717, 1.165) is 37.2 Å². The summed E-state index contributed by atoms with van der Waals surface area (Å²) in [5, 5.41) is 9.35. The molecule has 2 aliphatic rings. The van der Waals surface area contributed by atoms with Gasteiger partial charge in [0.2, 0.25) is 0 Å². The molecule has 3 atom stereocenters. The molecule has 1 fully saturated rings. The van der Waals surface area contributed by atoms with Crippen LogP contribution in [0.3, 0.4) is 0 Å². The van der Waals surface area contributed by atoms with E-state index in [1.165, 1.54) is 0 Å². The fraction of sp³-hybridized carbons (Fsp3) is 0.562. The van der Waals surface area contributed by atoms with Crippen LogP contribution in [0.4, 0.5) is 5.69 Å². The van der Waals surface area contributed by atoms with Gasteiger partial charge in [0.05, 0.1) is 18.1 Å². The number of hydrogen-bond acceptors (Lipinski definition) is 3. The molecule has 1 saturated heterocycles. The van der Waals surface area contributed by atoms with Crippen LogP contribution in [-0.2, 0) is 9.53 Å². The standard InChI is InChI=1S/C16H21NO3/c1-11-6-7-12(20-11)10-17-9-8-14(16(18)19)13-4-2-3-5-15(13)17/h2-5,11-12,14H,6-10H2,1H3,(H,18,19). The van der Waals surface area contributed by atoms with Gasteiger partial charge in [-0.15, -0.1) is 0 Å². The highest BCUT2D eigenvalue weighted by atomic mass is 16.5. The monoisotopic (exact) mass is 275 g/mol. The number of hydrogen-bond donors (Lipinski definition) is 1. The maximum atomic E-state index is 11.4. The fourth-order valence-corrected chi connectivity index (χ4v) is 3.34. The van der Waals surface area contributed by atoms with Gasteiger partial charge < -0.3 is 14.7 Å². The van der Waals surface area contributed by atoms with Crippen molar-refractivity contribution >= 4 is 11.7 Å². The Labute approximate surface area is 119 Å². The first-order chi connectivity index (χ1) is 9.65. The molecule has 3 unspecified atom stereocenters. The number of fused-ring (bicyclic) bond motifs is 1. The Balaban J connectivity index is 1.80. The molecule has 4 nitrogen and oxygen atoms in total. The molecule has 20 heavy (non-hydrogen) atoms. The summed E-state index contributed by atoms with van der Waals surface area (Å²) in [6.07, 6.45) is 3.53. The number of benzene rings is 1. The van der Waals surface area contributed by atoms with Crippen molar-refractivity contribution in [1.82, 2.24) is 0 Å². The van der Waals surface area contributed by atoms with Gasteiger partial charge in [-0.05, 0) is 37.8 Å². The smallest absolute Gasteiger partial charge is 0.311 e. The Morgan fingerprint density at radius 3 is 2.85 bits per heavy atom. The van der Waals surface area contributed by atoms with Crippen LogP contribution in [-0.4, -0.2) is 36.4 Å². The predicted octanol–water partition coefficient (Wildman–Crippen LogP) is 2.63. The summed E-state index contributed by atoms with van der Waals surface area (Å²) in [4.78, 5) is 13.7. The lowest BCUT2D eigenvalue weighted by molar-refractivity contribution is -0.139. The topological polar surface area (TPSA) is 49.8 Å². The van der Waals surface area contributed by atoms with E-state index in [1.807, 2.05) is 24.3 Å². The van der Waals surface area contributed by atoms with E-state index in [2.05, 4.69) is 11.8 Å². The number of carbonyl (C=O) groups is 1. The first kappa shape index (κ1) is 13.4. The molecule has 1 N–H and O–H groups in total. The summed E-state index contributed by atoms with van der Waals surface area (Å²) >= 11 is 0. The quantitative estimate of drug-likeness (QED) is 0.921. The maximum Gasteiger partial charge on any atom is 0.311 e. The molecule has 3 rings (SSSR count). The molecule has 0 aliphatic carbocycles. The van der Waals surface area contributed by atoms with Gasteiger partial charge in [-0.25, -0.2) is 0 Å². The van der Waals surface area contributed by atoms with E-state index in [9.17, 15) is 9.90 Å². The van der Waals surface area contributed by atoms with Gasteiger partial charge in [0.15, 0.2) is 0 Å². The Kier molecular flexibility index (Phi) is 3.66. The van der Waals surface area contributed by atoms with Gasteiger partial charge in [-0.3, -0.25) is 4.79 Å². The van der Waals surface area contributed by atoms with Crippen LogP contribution in [0.2, 0.25) is 0 Å². The average molecular weight is 275 g/mol. The van der Waals surface area contributed by atoms with Crippen molar-refractivity contribution in [1.29, 1.82) is 0 Å². The van der Waals surface area contributed by atoms with E-state index >= 15 is 0 Å². The summed E-state index contributed by atoms with van der Waals surface area (Å²) in [7, 11) is 0. The second kappa shape index (κ2) is 5.44. The zero-order valence-electron chi connectivity index (χ0n) is 11.8. The number of rotatable bonds is 3. The second-order valence-electron chi connectivity index (χ2n) is 5.83. The normalized spacial score (nSPS) is 29.2. The molecular formula is C16H21NO3. The van der Waals surface area contributed by atoms with Crippen molar-refractivity contribution in [3.8, 4) is 0 Å². The molecule has 2 aliphatic heterocycles. The van der Waals surface area contributed by atoms with Crippen molar-refractivity contribution in [2.45, 2.75) is 44.3 Å². The van der Waals surface area contributed by atoms with E-state index in [-0.39, 0.29) is 12.0 Å². The molecule has 0 saturated carbocycles. The Bertz CT molecular complexity index is 502. The minimum absolute atomic E-state index is 0.277. The highest BCUT2D eigenvalue weighted by molar-refractivity contribution is 5.80. The van der Waals surface area contributed by atoms with Gasteiger partial charge >= 0.3 is 5.97 Å². The zero-order valence-corrected chi connectivity index (χ0v) is 11.8. The number of para-hydroxylation sites is 1. The third kappa shape index (κ3) is 2.52. The van der Waals surface area contributed by atoms with Crippen LogP contribution in [0, 0.1) is 0 Å². The van der Waals surface area contributed by atoms with Crippen molar-refractivity contribution in [2.24, 2.45) is 0 Å². The van der Waals surface area contributed by atoms with E-state index in [4.69, 9.17) is 4.74 Å². The molecule has 1 aromatic rings. The van der Waals surface area contributed by atoms with Gasteiger partial charge in [0, 0.05) is 18.8 Å². The van der Waals surface area contributed by atoms with Gasteiger partial charge in [-0.2, -0.15) is 0 Å². The third-order valence-electron chi connectivity index (χ3n) is 4.38. The van der Waals surface area contributed by atoms with Crippen molar-refractivity contribution < 1.29 is 14.6 Å². The number of carboxylic acids is 1. The minimum Gasteiger partial charge on any atom is -0.481 e. The zero-order chi connectivity index (χ0) is 14.1. The highest BCUT2D eigenvalue weighted by Crippen LogP contribution is 2.36. The summed E-state index contributed by atoms with van der Waals surface area (Å²) in [6, 6.07) is 7.88. The van der Waals surface area contributed by atoms with E-state index < -0.39 is 5.97 Å². The Hall–Kier alpha value is -1.55. The first-order valence-electron chi connectivity index (χ1n) is 7.37. The van der Waals surface area contributed by atoms with Crippen LogP contribution >= 0.6 is 0 Å². The van der Waals surface area contributed by atoms with Crippen LogP contribution in [0.25, 0.3) is 0 Å². The Morgan fingerprint density at radius 2 is 2.15 bits per heavy atom. The maximum absolute atomic E-state index is 11.4. The fourth-order valence-electron chi connectivity index (χ4n) is 3.34. The molecule has 2 heterocycles. The first-order valence-corrected chi connectivity index (χ1v) is 7.37. The third-order valence-corrected chi connectivity index (χ3v) is 4.38. The average Bonchev–Trinajstić information content (AvgIpc) is 2.84. The van der Waals surface area contributed by atoms with Crippen LogP contribution < -0.4 is 4.90 Å². The summed E-state index contributed by atoms with van der Waals surface area (Å²) in [5.74, 6) is -1.09. The second-order valence-corrected chi connectivity index (χ2v) is 5.83. The van der Waals surface area contributed by atoms with Crippen LogP contribution in [0.15, 0.2) is 24.3 Å². The van der Waals surface area contributed by atoms with Gasteiger partial charge in [0.1, 0.15) is 0 Å². The lowest BCUT2D eigenvalue weighted by Gasteiger charge is -2.35. The van der Waals surface area contributed by atoms with Gasteiger partial charge in [-0.1, -0.05) is 18.2 Å². The summed E-state index contributed by atoms with van der Waals surface area (Å²) in [5.41, 5.74) is 2.01. The molecular weight excluding hydrogens is 254 g/mol. The number of nitrogens with zero attached hydrogens (tertiary/aromatic N) is 1. The molecule has 0 bridgehead atoms. The molecule has 0 spiro atoms. The lowest BCUT2D eigenvalue weighted by Crippen LogP contribution is -2.38. The molecule has 4 heteroatoms. The van der Waals surface area contributed by atoms with Crippen molar-refractivity contribution in [3.05, 3.63) is 29.8 Å². The molecule has 108 valence electrons. The number of carboxylic acid groups (broad SMARTS) is 1. The molecule has 0 aromatic heterocycles. The number of aliphatic carboxylic acids is 1. The SMILES string of the molecule is CC1CCC(CN2CCC(C(=O)O)c3ccccc32)O1. The summed E-state index contributed by atoms with van der Waals surface area (Å²) in [6.45, 7) is 3.78.